The molecule has 0 fully saturated rings. The molecule has 1 heterocycles. The highest BCUT2D eigenvalue weighted by molar-refractivity contribution is 6.31. The van der Waals surface area contributed by atoms with Crippen molar-refractivity contribution >= 4 is 51.5 Å². The van der Waals surface area contributed by atoms with Crippen molar-refractivity contribution in [1.82, 2.24) is 0 Å². The molecule has 0 aliphatic rings. The first-order valence-corrected chi connectivity index (χ1v) is 9.77. The third-order valence-electron chi connectivity index (χ3n) is 4.36. The lowest BCUT2D eigenvalue weighted by molar-refractivity contribution is -0.118. The maximum atomic E-state index is 13.0. The molecule has 5 nitrogen and oxygen atoms in total. The molecule has 150 valence electrons. The molecule has 7 heteroatoms. The van der Waals surface area contributed by atoms with Crippen LogP contribution in [-0.4, -0.2) is 18.3 Å². The van der Waals surface area contributed by atoms with Gasteiger partial charge in [0, 0.05) is 21.0 Å². The summed E-state index contributed by atoms with van der Waals surface area (Å²) in [6.07, 6.45) is 0. The van der Waals surface area contributed by atoms with E-state index in [9.17, 15) is 9.59 Å². The Morgan fingerprint density at radius 3 is 2.20 bits per heavy atom. The van der Waals surface area contributed by atoms with Crippen molar-refractivity contribution in [3.63, 3.8) is 0 Å². The Labute approximate surface area is 182 Å². The molecule has 0 spiro atoms. The Morgan fingerprint density at radius 1 is 0.867 bits per heavy atom. The molecule has 0 aliphatic heterocycles. The molecule has 3 aromatic carbocycles. The zero-order chi connectivity index (χ0) is 21.1. The van der Waals surface area contributed by atoms with Crippen LogP contribution in [0.5, 0.6) is 5.75 Å². The Kier molecular flexibility index (Phi) is 5.74. The van der Waals surface area contributed by atoms with Crippen molar-refractivity contribution in [2.75, 3.05) is 11.9 Å². The van der Waals surface area contributed by atoms with Gasteiger partial charge < -0.3 is 14.5 Å². The number of amides is 1. The highest BCUT2D eigenvalue weighted by Gasteiger charge is 2.23. The van der Waals surface area contributed by atoms with Crippen molar-refractivity contribution in [1.29, 1.82) is 0 Å². The molecule has 0 aliphatic carbocycles. The smallest absolute Gasteiger partial charge is 0.262 e. The van der Waals surface area contributed by atoms with Crippen molar-refractivity contribution in [2.24, 2.45) is 0 Å². The molecule has 0 saturated carbocycles. The molecule has 0 saturated heterocycles. The number of fused-ring (bicyclic) bond motifs is 1. The van der Waals surface area contributed by atoms with Gasteiger partial charge in [-0.15, -0.1) is 0 Å². The number of furan rings is 1. The monoisotopic (exact) mass is 439 g/mol. The molecule has 1 N–H and O–H groups in total. The van der Waals surface area contributed by atoms with Gasteiger partial charge >= 0.3 is 0 Å². The molecule has 1 amide bonds. The number of carbonyl (C=O) groups excluding carboxylic acids is 2. The summed E-state index contributed by atoms with van der Waals surface area (Å²) in [4.78, 5) is 25.5. The molecule has 4 aromatic rings. The molecule has 30 heavy (non-hydrogen) atoms. The number of hydrogen-bond acceptors (Lipinski definition) is 4. The third-order valence-corrected chi connectivity index (χ3v) is 4.86. The third kappa shape index (κ3) is 4.32. The highest BCUT2D eigenvalue weighted by Crippen LogP contribution is 2.32. The first-order valence-electron chi connectivity index (χ1n) is 9.01. The Bertz CT molecular complexity index is 1210. The van der Waals surface area contributed by atoms with Crippen molar-refractivity contribution in [3.8, 4) is 5.75 Å². The molecule has 0 atom stereocenters. The predicted molar refractivity (Wildman–Crippen MR) is 117 cm³/mol. The summed E-state index contributed by atoms with van der Waals surface area (Å²) in [6, 6.07) is 20.2. The molecule has 4 rings (SSSR count). The second-order valence-corrected chi connectivity index (χ2v) is 7.30. The first-order chi connectivity index (χ1) is 14.5. The minimum atomic E-state index is -0.429. The van der Waals surface area contributed by atoms with Crippen molar-refractivity contribution < 1.29 is 18.7 Å². The number of rotatable bonds is 6. The summed E-state index contributed by atoms with van der Waals surface area (Å²) in [6.45, 7) is -0.240. The van der Waals surface area contributed by atoms with E-state index in [-0.39, 0.29) is 18.2 Å². The number of benzene rings is 3. The number of halogens is 2. The predicted octanol–water partition coefficient (Wildman–Crippen LogP) is 5.99. The lowest BCUT2D eigenvalue weighted by Crippen LogP contribution is -2.21. The summed E-state index contributed by atoms with van der Waals surface area (Å²) in [7, 11) is 0. The van der Waals surface area contributed by atoms with E-state index >= 15 is 0 Å². The van der Waals surface area contributed by atoms with E-state index in [2.05, 4.69) is 5.32 Å². The van der Waals surface area contributed by atoms with Crippen molar-refractivity contribution in [3.05, 3.63) is 94.2 Å². The maximum absolute atomic E-state index is 13.0. The second kappa shape index (κ2) is 8.61. The fourth-order valence-electron chi connectivity index (χ4n) is 2.92. The standard InChI is InChI=1S/C23H15Cl2NO4/c24-15-7-5-14(6-8-15)22(28)23-21(18-3-1-2-4-19(18)30-23)26-20(27)13-29-17-11-9-16(25)10-12-17/h1-12H,13H2,(H,26,27). The molecule has 0 bridgehead atoms. The normalized spacial score (nSPS) is 10.7. The Balaban J connectivity index is 1.59. The largest absolute Gasteiger partial charge is 0.484 e. The van der Waals surface area contributed by atoms with Gasteiger partial charge in [0.1, 0.15) is 11.3 Å². The zero-order valence-corrected chi connectivity index (χ0v) is 17.0. The van der Waals surface area contributed by atoms with Crippen LogP contribution >= 0.6 is 23.2 Å². The van der Waals surface area contributed by atoms with Gasteiger partial charge in [-0.1, -0.05) is 35.3 Å². The quantitative estimate of drug-likeness (QED) is 0.374. The van der Waals surface area contributed by atoms with Gasteiger partial charge in [0.05, 0.1) is 5.69 Å². The summed E-state index contributed by atoms with van der Waals surface area (Å²) in [5.41, 5.74) is 1.19. The van der Waals surface area contributed by atoms with Crippen LogP contribution in [0.2, 0.25) is 10.0 Å². The van der Waals surface area contributed by atoms with Crippen LogP contribution in [0.4, 0.5) is 5.69 Å². The van der Waals surface area contributed by atoms with Gasteiger partial charge in [0.25, 0.3) is 5.91 Å². The van der Waals surface area contributed by atoms with Crippen LogP contribution in [0.15, 0.2) is 77.2 Å². The average molecular weight is 440 g/mol. The Morgan fingerprint density at radius 2 is 1.50 bits per heavy atom. The topological polar surface area (TPSA) is 68.5 Å². The van der Waals surface area contributed by atoms with Gasteiger partial charge in [-0.25, -0.2) is 0 Å². The molecule has 0 radical (unpaired) electrons. The minimum Gasteiger partial charge on any atom is -0.484 e. The van der Waals surface area contributed by atoms with E-state index in [0.717, 1.165) is 0 Å². The van der Waals surface area contributed by atoms with Crippen LogP contribution in [-0.2, 0) is 4.79 Å². The number of ketones is 1. The number of nitrogens with one attached hydrogen (secondary N) is 1. The Hall–Kier alpha value is -3.28. The van der Waals surface area contributed by atoms with E-state index in [1.165, 1.54) is 0 Å². The van der Waals surface area contributed by atoms with Gasteiger partial charge in [-0.05, 0) is 60.7 Å². The van der Waals surface area contributed by atoms with Gasteiger partial charge in [0.2, 0.25) is 5.78 Å². The van der Waals surface area contributed by atoms with Gasteiger partial charge in [-0.3, -0.25) is 9.59 Å². The summed E-state index contributed by atoms with van der Waals surface area (Å²) in [5.74, 6) is -0.249. The minimum absolute atomic E-state index is 0.0402. The molecular formula is C23H15Cl2NO4. The maximum Gasteiger partial charge on any atom is 0.262 e. The van der Waals surface area contributed by atoms with Crippen LogP contribution in [0.1, 0.15) is 16.1 Å². The van der Waals surface area contributed by atoms with Crippen LogP contribution in [0.25, 0.3) is 11.0 Å². The number of hydrogen-bond donors (Lipinski definition) is 1. The second-order valence-electron chi connectivity index (χ2n) is 6.43. The summed E-state index contributed by atoms with van der Waals surface area (Å²) in [5, 5.41) is 4.46. The number of ether oxygens (including phenoxy) is 1. The van der Waals surface area contributed by atoms with E-state index in [1.807, 2.05) is 0 Å². The number of carbonyl (C=O) groups is 2. The first kappa shape index (κ1) is 20.0. The van der Waals surface area contributed by atoms with Crippen LogP contribution in [0, 0.1) is 0 Å². The fourth-order valence-corrected chi connectivity index (χ4v) is 3.17. The molecule has 0 unspecified atom stereocenters. The van der Waals surface area contributed by atoms with E-state index < -0.39 is 5.91 Å². The van der Waals surface area contributed by atoms with Crippen molar-refractivity contribution in [2.45, 2.75) is 0 Å². The van der Waals surface area contributed by atoms with Gasteiger partial charge in [0.15, 0.2) is 12.4 Å². The average Bonchev–Trinajstić information content (AvgIpc) is 3.12. The summed E-state index contributed by atoms with van der Waals surface area (Å²) < 4.78 is 11.3. The molecule has 1 aromatic heterocycles. The SMILES string of the molecule is O=C(COc1ccc(Cl)cc1)Nc1c(C(=O)c2ccc(Cl)cc2)oc2ccccc12. The van der Waals surface area contributed by atoms with Gasteiger partial charge in [-0.2, -0.15) is 0 Å². The number of para-hydroxylation sites is 1. The van der Waals surface area contributed by atoms with Crippen LogP contribution < -0.4 is 10.1 Å². The lowest BCUT2D eigenvalue weighted by atomic mass is 10.1. The summed E-state index contributed by atoms with van der Waals surface area (Å²) >= 11 is 11.8. The fraction of sp³-hybridized carbons (Fsp3) is 0.0435. The highest BCUT2D eigenvalue weighted by atomic mass is 35.5. The number of anilines is 1. The zero-order valence-electron chi connectivity index (χ0n) is 15.5. The van der Waals surface area contributed by atoms with E-state index in [4.69, 9.17) is 32.4 Å². The van der Waals surface area contributed by atoms with E-state index in [1.54, 1.807) is 72.8 Å². The van der Waals surface area contributed by atoms with Crippen LogP contribution in [0.3, 0.4) is 0 Å². The molecular weight excluding hydrogens is 425 g/mol. The lowest BCUT2D eigenvalue weighted by Gasteiger charge is -2.08. The van der Waals surface area contributed by atoms with E-state index in [0.29, 0.717) is 38.0 Å².